The van der Waals surface area contributed by atoms with Gasteiger partial charge < -0.3 is 44.8 Å². The average molecular weight is 558 g/mol. The van der Waals surface area contributed by atoms with Crippen molar-refractivity contribution < 1.29 is 39.0 Å². The Morgan fingerprint density at radius 3 is 2.00 bits per heavy atom. The minimum atomic E-state index is -1.09. The Kier molecular flexibility index (Phi) is 10.1. The smallest absolute Gasteiger partial charge is 0.492 e. The third-order valence-electron chi connectivity index (χ3n) is 5.39. The van der Waals surface area contributed by atoms with Gasteiger partial charge in [0.05, 0.1) is 25.4 Å². The maximum absolute atomic E-state index is 9.90. The highest BCUT2D eigenvalue weighted by Crippen LogP contribution is 2.35. The number of aliphatic hydroxyl groups is 2. The maximum atomic E-state index is 9.90. The molecule has 2 aliphatic rings. The van der Waals surface area contributed by atoms with Crippen molar-refractivity contribution in [3.05, 3.63) is 44.9 Å². The van der Waals surface area contributed by atoms with E-state index in [0.29, 0.717) is 33.0 Å². The fourth-order valence-corrected chi connectivity index (χ4v) is 4.85. The lowest BCUT2D eigenvalue weighted by Crippen LogP contribution is -2.30. The molecule has 34 heavy (non-hydrogen) atoms. The number of fused-ring (bicyclic) bond motifs is 2. The summed E-state index contributed by atoms with van der Waals surface area (Å²) >= 11 is 9.53. The minimum Gasteiger partial charge on any atom is -0.492 e. The van der Waals surface area contributed by atoms with E-state index in [4.69, 9.17) is 46.3 Å². The second-order valence-corrected chi connectivity index (χ2v) is 8.75. The first-order valence-electron chi connectivity index (χ1n) is 10.9. The molecule has 0 saturated carbocycles. The number of halogens is 2. The molecule has 0 bridgehead atoms. The van der Waals surface area contributed by atoms with Crippen LogP contribution in [0.2, 0.25) is 5.02 Å². The molecule has 0 fully saturated rings. The van der Waals surface area contributed by atoms with Gasteiger partial charge in [-0.15, -0.1) is 0 Å². The van der Waals surface area contributed by atoms with Crippen LogP contribution in [0.25, 0.3) is 0 Å². The predicted octanol–water partition coefficient (Wildman–Crippen LogP) is 0.418. The second kappa shape index (κ2) is 12.6. The first-order chi connectivity index (χ1) is 16.4. The van der Waals surface area contributed by atoms with Gasteiger partial charge in [0.15, 0.2) is 0 Å². The quantitative estimate of drug-likeness (QED) is 0.291. The lowest BCUT2D eigenvalue weighted by molar-refractivity contribution is 0.186. The summed E-state index contributed by atoms with van der Waals surface area (Å²) in [5.74, 6) is 1.03. The van der Waals surface area contributed by atoms with Gasteiger partial charge in [-0.2, -0.15) is 0 Å². The number of nitrogens with two attached hydrogens (primary N) is 1. The van der Waals surface area contributed by atoms with Crippen LogP contribution in [-0.2, 0) is 9.31 Å². The van der Waals surface area contributed by atoms with Gasteiger partial charge in [0.1, 0.15) is 24.7 Å². The highest BCUT2D eigenvalue weighted by Gasteiger charge is 2.39. The normalized spacial score (nSPS) is 18.4. The average Bonchev–Trinajstić information content (AvgIpc) is 3.37. The summed E-state index contributed by atoms with van der Waals surface area (Å²) in [5.41, 5.74) is 8.33. The van der Waals surface area contributed by atoms with E-state index in [1.165, 1.54) is 0 Å². The van der Waals surface area contributed by atoms with Crippen LogP contribution in [0.3, 0.4) is 0 Å². The molecule has 0 saturated heterocycles. The van der Waals surface area contributed by atoms with Crippen molar-refractivity contribution >= 4 is 52.7 Å². The van der Waals surface area contributed by atoms with Gasteiger partial charge in [-0.25, -0.2) is 0 Å². The monoisotopic (exact) mass is 557 g/mol. The summed E-state index contributed by atoms with van der Waals surface area (Å²) in [4.78, 5) is 0. The fraction of sp³-hybridized carbons (Fsp3) is 0.429. The van der Waals surface area contributed by atoms with Crippen LogP contribution >= 0.6 is 27.5 Å². The molecule has 2 atom stereocenters. The van der Waals surface area contributed by atoms with Gasteiger partial charge in [0.25, 0.3) is 0 Å². The zero-order chi connectivity index (χ0) is 24.8. The van der Waals surface area contributed by atoms with Gasteiger partial charge in [-0.1, -0.05) is 34.5 Å². The highest BCUT2D eigenvalue weighted by atomic mass is 79.9. The van der Waals surface area contributed by atoms with E-state index in [0.717, 1.165) is 16.5 Å². The van der Waals surface area contributed by atoms with E-state index >= 15 is 0 Å². The highest BCUT2D eigenvalue weighted by molar-refractivity contribution is 9.10. The minimum absolute atomic E-state index is 0.0566. The van der Waals surface area contributed by atoms with Crippen molar-refractivity contribution in [2.24, 2.45) is 5.73 Å². The van der Waals surface area contributed by atoms with Crippen LogP contribution in [0.5, 0.6) is 11.5 Å². The van der Waals surface area contributed by atoms with E-state index in [2.05, 4.69) is 15.9 Å². The Hall–Kier alpha value is -1.34. The molecule has 2 unspecified atom stereocenters. The Morgan fingerprint density at radius 1 is 0.941 bits per heavy atom. The van der Waals surface area contributed by atoms with Crippen molar-refractivity contribution in [1.29, 1.82) is 0 Å². The molecule has 2 aliphatic heterocycles. The lowest BCUT2D eigenvalue weighted by Gasteiger charge is -2.13. The molecule has 2 aromatic rings. The SMILES string of the molecule is CCC1OB(O)c2c(OCCO)ccc(Br)c21.NCC1OB(O)c2c(OCCO)ccc(Cl)c21. The first-order valence-corrected chi connectivity index (χ1v) is 12.0. The Bertz CT molecular complexity index is 911. The van der Waals surface area contributed by atoms with Gasteiger partial charge >= 0.3 is 14.2 Å². The third kappa shape index (κ3) is 5.72. The van der Waals surface area contributed by atoms with Crippen molar-refractivity contribution in [1.82, 2.24) is 0 Å². The molecule has 4 rings (SSSR count). The maximum Gasteiger partial charge on any atom is 0.495 e. The van der Waals surface area contributed by atoms with Crippen LogP contribution in [0.15, 0.2) is 28.7 Å². The van der Waals surface area contributed by atoms with E-state index in [-0.39, 0.29) is 39.1 Å². The van der Waals surface area contributed by atoms with E-state index in [1.807, 2.05) is 13.0 Å². The standard InChI is InChI=1S/C11H14BBrO4.C10H13BClNO4/c1-2-8-10-7(13)3-4-9(16-6-5-14)11(10)12(15)17-8;12-6-1-2-7(16-4-3-14)10-9(6)8(5-13)17-11(10)15/h3-4,8,14-15H,2,5-6H2,1H3;1-2,8,14-15H,3-5,13H2. The largest absolute Gasteiger partial charge is 0.495 e. The van der Waals surface area contributed by atoms with Gasteiger partial charge in [-0.05, 0) is 36.2 Å². The van der Waals surface area contributed by atoms with Gasteiger partial charge in [-0.3, -0.25) is 0 Å². The number of aliphatic hydroxyl groups excluding tert-OH is 2. The first kappa shape index (κ1) is 27.3. The lowest BCUT2D eigenvalue weighted by atomic mass is 9.78. The molecule has 2 heterocycles. The van der Waals surface area contributed by atoms with Crippen LogP contribution in [0.1, 0.15) is 36.7 Å². The molecule has 0 amide bonds. The summed E-state index contributed by atoms with van der Waals surface area (Å²) in [6, 6.07) is 6.94. The molecule has 0 aromatic heterocycles. The summed E-state index contributed by atoms with van der Waals surface area (Å²) in [6.45, 7) is 2.42. The molecule has 9 nitrogen and oxygen atoms in total. The van der Waals surface area contributed by atoms with Gasteiger partial charge in [0, 0.05) is 32.5 Å². The molecular formula is C21H27B2BrClNO8. The Labute approximate surface area is 212 Å². The van der Waals surface area contributed by atoms with Crippen molar-refractivity contribution in [2.75, 3.05) is 33.0 Å². The summed E-state index contributed by atoms with van der Waals surface area (Å²) in [6.07, 6.45) is 0.240. The van der Waals surface area contributed by atoms with Crippen LogP contribution < -0.4 is 26.1 Å². The number of rotatable bonds is 8. The van der Waals surface area contributed by atoms with E-state index < -0.39 is 20.3 Å². The van der Waals surface area contributed by atoms with Crippen molar-refractivity contribution in [2.45, 2.75) is 25.6 Å². The number of ether oxygens (including phenoxy) is 2. The summed E-state index contributed by atoms with van der Waals surface area (Å²) < 4.78 is 22.4. The summed E-state index contributed by atoms with van der Waals surface area (Å²) in [7, 11) is -2.05. The molecule has 6 N–H and O–H groups in total. The number of hydrogen-bond acceptors (Lipinski definition) is 9. The molecule has 0 aliphatic carbocycles. The molecule has 0 spiro atoms. The topological polar surface area (TPSA) is 144 Å². The molecule has 0 radical (unpaired) electrons. The summed E-state index contributed by atoms with van der Waals surface area (Å²) in [5, 5.41) is 37.7. The van der Waals surface area contributed by atoms with Crippen LogP contribution in [-0.4, -0.2) is 67.5 Å². The van der Waals surface area contributed by atoms with Crippen LogP contribution in [0, 0.1) is 0 Å². The predicted molar refractivity (Wildman–Crippen MR) is 133 cm³/mol. The Morgan fingerprint density at radius 2 is 1.47 bits per heavy atom. The molecular weight excluding hydrogens is 531 g/mol. The fourth-order valence-electron chi connectivity index (χ4n) is 3.96. The molecule has 2 aromatic carbocycles. The zero-order valence-electron chi connectivity index (χ0n) is 18.6. The van der Waals surface area contributed by atoms with E-state index in [1.54, 1.807) is 18.2 Å². The third-order valence-corrected chi connectivity index (χ3v) is 6.42. The second-order valence-electron chi connectivity index (χ2n) is 7.49. The van der Waals surface area contributed by atoms with Crippen LogP contribution in [0.4, 0.5) is 0 Å². The van der Waals surface area contributed by atoms with Crippen molar-refractivity contribution in [3.8, 4) is 11.5 Å². The van der Waals surface area contributed by atoms with Crippen molar-refractivity contribution in [3.63, 3.8) is 0 Å². The zero-order valence-corrected chi connectivity index (χ0v) is 21.0. The molecule has 184 valence electrons. The number of benzene rings is 2. The number of hydrogen-bond donors (Lipinski definition) is 5. The molecule has 13 heteroatoms. The van der Waals surface area contributed by atoms with Gasteiger partial charge in [0.2, 0.25) is 0 Å². The van der Waals surface area contributed by atoms with E-state index in [9.17, 15) is 10.0 Å². The Balaban J connectivity index is 0.000000191.